The van der Waals surface area contributed by atoms with Crippen LogP contribution in [-0.4, -0.2) is 24.1 Å². The number of benzene rings is 2. The summed E-state index contributed by atoms with van der Waals surface area (Å²) in [4.78, 5) is 16.2. The lowest BCUT2D eigenvalue weighted by atomic mass is 10.2. The first-order valence-corrected chi connectivity index (χ1v) is 7.10. The Balaban J connectivity index is 2.00. The molecule has 0 saturated carbocycles. The predicted octanol–water partition coefficient (Wildman–Crippen LogP) is 3.40. The molecule has 0 spiro atoms. The summed E-state index contributed by atoms with van der Waals surface area (Å²) < 4.78 is 10.4. The van der Waals surface area contributed by atoms with Gasteiger partial charge < -0.3 is 14.6 Å². The number of ether oxygens (including phenoxy) is 2. The molecule has 0 aliphatic carbocycles. The molecule has 0 unspecified atom stereocenters. The Kier molecular flexibility index (Phi) is 4.04. The summed E-state index contributed by atoms with van der Waals surface area (Å²) in [6.45, 7) is 0. The maximum atomic E-state index is 12.0. The number of nitrogens with zero attached hydrogens (tertiary/aromatic N) is 1. The molecule has 0 fully saturated rings. The number of halogens is 1. The van der Waals surface area contributed by atoms with Crippen molar-refractivity contribution in [3.05, 3.63) is 64.3 Å². The highest BCUT2D eigenvalue weighted by Crippen LogP contribution is 2.28. The largest absolute Gasteiger partial charge is 0.508 e. The van der Waals surface area contributed by atoms with Gasteiger partial charge >= 0.3 is 5.97 Å². The van der Waals surface area contributed by atoms with E-state index in [9.17, 15) is 9.90 Å². The van der Waals surface area contributed by atoms with E-state index in [4.69, 9.17) is 21.1 Å². The van der Waals surface area contributed by atoms with E-state index < -0.39 is 5.97 Å². The number of methoxy groups -OCH3 is 1. The Hall–Kier alpha value is -2.79. The van der Waals surface area contributed by atoms with Crippen LogP contribution in [0.5, 0.6) is 11.5 Å². The van der Waals surface area contributed by atoms with Gasteiger partial charge in [-0.2, -0.15) is 0 Å². The zero-order valence-corrected chi connectivity index (χ0v) is 12.9. The molecule has 0 radical (unpaired) electrons. The van der Waals surface area contributed by atoms with Gasteiger partial charge in [0.05, 0.1) is 12.7 Å². The molecular weight excluding hydrogens is 318 g/mol. The van der Waals surface area contributed by atoms with Gasteiger partial charge in [0, 0.05) is 5.02 Å². The second kappa shape index (κ2) is 6.14. The Morgan fingerprint density at radius 2 is 2.09 bits per heavy atom. The predicted molar refractivity (Wildman–Crippen MR) is 86.7 cm³/mol. The minimum absolute atomic E-state index is 0.103. The van der Waals surface area contributed by atoms with Gasteiger partial charge in [0.25, 0.3) is 0 Å². The summed E-state index contributed by atoms with van der Waals surface area (Å²) in [5, 5.41) is 9.95. The highest BCUT2D eigenvalue weighted by atomic mass is 35.5. The minimum atomic E-state index is -0.578. The van der Waals surface area contributed by atoms with E-state index in [-0.39, 0.29) is 17.3 Å². The van der Waals surface area contributed by atoms with Gasteiger partial charge in [0.1, 0.15) is 11.5 Å². The van der Waals surface area contributed by atoms with Crippen molar-refractivity contribution in [1.29, 1.82) is 0 Å². The Morgan fingerprint density at radius 3 is 2.83 bits per heavy atom. The number of phenolic OH excluding ortho intramolecular Hbond substituents is 1. The zero-order chi connectivity index (χ0) is 16.4. The maximum absolute atomic E-state index is 12.0. The lowest BCUT2D eigenvalue weighted by molar-refractivity contribution is -0.129. The summed E-state index contributed by atoms with van der Waals surface area (Å²) in [5.41, 5.74) is 1.26. The van der Waals surface area contributed by atoms with Crippen molar-refractivity contribution in [2.45, 2.75) is 0 Å². The van der Waals surface area contributed by atoms with Crippen molar-refractivity contribution in [3.8, 4) is 11.5 Å². The van der Waals surface area contributed by atoms with Crippen LogP contribution in [0, 0.1) is 0 Å². The smallest absolute Gasteiger partial charge is 0.363 e. The molecule has 2 aromatic carbocycles. The van der Waals surface area contributed by atoms with Gasteiger partial charge in [-0.15, -0.1) is 0 Å². The van der Waals surface area contributed by atoms with E-state index in [2.05, 4.69) is 4.99 Å². The lowest BCUT2D eigenvalue weighted by Crippen LogP contribution is -2.07. The van der Waals surface area contributed by atoms with Crippen LogP contribution in [0.15, 0.2) is 53.2 Å². The summed E-state index contributed by atoms with van der Waals surface area (Å²) in [7, 11) is 1.51. The molecule has 1 N–H and O–H groups in total. The van der Waals surface area contributed by atoms with E-state index in [1.807, 2.05) is 0 Å². The third-order valence-electron chi connectivity index (χ3n) is 3.19. The first-order chi connectivity index (χ1) is 11.1. The third-order valence-corrected chi connectivity index (χ3v) is 3.42. The number of phenols is 1. The van der Waals surface area contributed by atoms with Crippen LogP contribution in [0.3, 0.4) is 0 Å². The van der Waals surface area contributed by atoms with E-state index in [1.165, 1.54) is 19.3 Å². The highest BCUT2D eigenvalue weighted by molar-refractivity contribution is 6.31. The molecule has 2 aromatic rings. The van der Waals surface area contributed by atoms with Crippen LogP contribution in [0.2, 0.25) is 5.02 Å². The van der Waals surface area contributed by atoms with Crippen LogP contribution in [0.1, 0.15) is 11.1 Å². The van der Waals surface area contributed by atoms with Gasteiger partial charge in [-0.05, 0) is 42.0 Å². The molecule has 116 valence electrons. The van der Waals surface area contributed by atoms with Crippen LogP contribution >= 0.6 is 11.6 Å². The van der Waals surface area contributed by atoms with Gasteiger partial charge in [0.2, 0.25) is 5.90 Å². The summed E-state index contributed by atoms with van der Waals surface area (Å²) in [6.07, 6.45) is 1.53. The molecule has 1 heterocycles. The van der Waals surface area contributed by atoms with Gasteiger partial charge in [-0.25, -0.2) is 9.79 Å². The maximum Gasteiger partial charge on any atom is 0.363 e. The number of rotatable bonds is 3. The second-order valence-corrected chi connectivity index (χ2v) is 5.21. The first-order valence-electron chi connectivity index (χ1n) is 6.72. The number of hydrogen-bond donors (Lipinski definition) is 1. The number of aliphatic imine (C=N–C) groups is 1. The van der Waals surface area contributed by atoms with Crippen LogP contribution < -0.4 is 4.74 Å². The standard InChI is InChI=1S/C17H12ClNO4/c1-22-15-6-5-11(18)9-13(15)16-19-14(17(21)23-16)8-10-3-2-4-12(20)7-10/h2-9,20H,1H3/b14-8-. The van der Waals surface area contributed by atoms with Crippen molar-refractivity contribution < 1.29 is 19.4 Å². The monoisotopic (exact) mass is 329 g/mol. The molecule has 0 bridgehead atoms. The highest BCUT2D eigenvalue weighted by Gasteiger charge is 2.26. The summed E-state index contributed by atoms with van der Waals surface area (Å²) in [5.74, 6) is 0.150. The molecular formula is C17H12ClNO4. The molecule has 5 nitrogen and oxygen atoms in total. The SMILES string of the molecule is COc1ccc(Cl)cc1C1=N/C(=C\c2cccc(O)c2)C(=O)O1. The number of cyclic esters (lactones) is 1. The van der Waals surface area contributed by atoms with Crippen molar-refractivity contribution in [2.75, 3.05) is 7.11 Å². The first kappa shape index (κ1) is 15.1. The lowest BCUT2D eigenvalue weighted by Gasteiger charge is -2.07. The fourth-order valence-electron chi connectivity index (χ4n) is 2.14. The average molecular weight is 330 g/mol. The molecule has 0 amide bonds. The molecule has 23 heavy (non-hydrogen) atoms. The molecule has 1 aliphatic heterocycles. The van der Waals surface area contributed by atoms with Crippen LogP contribution in [0.4, 0.5) is 0 Å². The van der Waals surface area contributed by atoms with Gasteiger partial charge in [-0.3, -0.25) is 0 Å². The molecule has 0 saturated heterocycles. The van der Waals surface area contributed by atoms with Crippen molar-refractivity contribution in [3.63, 3.8) is 0 Å². The number of carbonyl (C=O) groups is 1. The summed E-state index contributed by atoms with van der Waals surface area (Å²) >= 11 is 5.98. The van der Waals surface area contributed by atoms with Crippen molar-refractivity contribution in [2.24, 2.45) is 4.99 Å². The Labute approximate surface area is 137 Å². The topological polar surface area (TPSA) is 68.1 Å². The summed E-state index contributed by atoms with van der Waals surface area (Å²) in [6, 6.07) is 11.4. The van der Waals surface area contributed by atoms with Gasteiger partial charge in [0.15, 0.2) is 5.70 Å². The number of hydrogen-bond acceptors (Lipinski definition) is 5. The van der Waals surface area contributed by atoms with Gasteiger partial charge in [-0.1, -0.05) is 23.7 Å². The third kappa shape index (κ3) is 3.19. The van der Waals surface area contributed by atoms with E-state index in [1.54, 1.807) is 36.4 Å². The minimum Gasteiger partial charge on any atom is -0.508 e. The van der Waals surface area contributed by atoms with Crippen LogP contribution in [-0.2, 0) is 9.53 Å². The second-order valence-electron chi connectivity index (χ2n) is 4.78. The van der Waals surface area contributed by atoms with E-state index >= 15 is 0 Å². The zero-order valence-electron chi connectivity index (χ0n) is 12.1. The number of aromatic hydroxyl groups is 1. The molecule has 3 rings (SSSR count). The average Bonchev–Trinajstić information content (AvgIpc) is 2.88. The fraction of sp³-hybridized carbons (Fsp3) is 0.0588. The molecule has 0 atom stereocenters. The Morgan fingerprint density at radius 1 is 1.26 bits per heavy atom. The van der Waals surface area contributed by atoms with Crippen LogP contribution in [0.25, 0.3) is 6.08 Å². The van der Waals surface area contributed by atoms with E-state index in [0.717, 1.165) is 0 Å². The molecule has 1 aliphatic rings. The van der Waals surface area contributed by atoms with E-state index in [0.29, 0.717) is 21.9 Å². The number of esters is 1. The molecule has 6 heteroatoms. The molecule has 0 aromatic heterocycles. The number of carbonyl (C=O) groups excluding carboxylic acids is 1. The fourth-order valence-corrected chi connectivity index (χ4v) is 2.32. The van der Waals surface area contributed by atoms with Crippen molar-refractivity contribution in [1.82, 2.24) is 0 Å². The quantitative estimate of drug-likeness (QED) is 0.692. The van der Waals surface area contributed by atoms with Crippen molar-refractivity contribution >= 4 is 29.5 Å². The normalized spacial score (nSPS) is 15.5. The Bertz CT molecular complexity index is 842.